The molecule has 0 amide bonds. The molecule has 0 unspecified atom stereocenters. The van der Waals surface area contributed by atoms with Gasteiger partial charge in [-0.15, -0.1) is 0 Å². The second kappa shape index (κ2) is 6.83. The fourth-order valence-corrected chi connectivity index (χ4v) is 3.62. The van der Waals surface area contributed by atoms with Gasteiger partial charge in [-0.2, -0.15) is 0 Å². The number of piperazine rings is 1. The summed E-state index contributed by atoms with van der Waals surface area (Å²) < 4.78 is 19.1. The quantitative estimate of drug-likeness (QED) is 0.794. The minimum Gasteiger partial charge on any atom is -0.497 e. The first kappa shape index (κ1) is 16.6. The van der Waals surface area contributed by atoms with Crippen LogP contribution in [0.4, 0.5) is 10.1 Å². The molecule has 1 aliphatic heterocycles. The van der Waals surface area contributed by atoms with Gasteiger partial charge >= 0.3 is 0 Å². The summed E-state index contributed by atoms with van der Waals surface area (Å²) in [6.45, 7) is 3.43. The summed E-state index contributed by atoms with van der Waals surface area (Å²) in [5.74, 6) is 0.518. The Hall–Kier alpha value is -2.82. The number of ether oxygens (including phenoxy) is 1. The van der Waals surface area contributed by atoms with Crippen LogP contribution in [0.2, 0.25) is 0 Å². The predicted octanol–water partition coefficient (Wildman–Crippen LogP) is 3.28. The Kier molecular flexibility index (Phi) is 4.37. The summed E-state index contributed by atoms with van der Waals surface area (Å²) in [6, 6.07) is 12.8. The molecule has 1 saturated heterocycles. The number of methoxy groups -OCH3 is 1. The molecule has 1 fully saturated rings. The number of carbonyl (C=O) groups is 1. The molecule has 0 atom stereocenters. The van der Waals surface area contributed by atoms with Gasteiger partial charge in [0.25, 0.3) is 0 Å². The summed E-state index contributed by atoms with van der Waals surface area (Å²) in [7, 11) is 1.66. The van der Waals surface area contributed by atoms with Gasteiger partial charge in [0.2, 0.25) is 0 Å². The van der Waals surface area contributed by atoms with Crippen molar-refractivity contribution < 1.29 is 13.9 Å². The van der Waals surface area contributed by atoms with E-state index in [0.717, 1.165) is 31.9 Å². The molecular formula is C21H21FN2O2. The van der Waals surface area contributed by atoms with Crippen molar-refractivity contribution >= 4 is 11.5 Å². The molecule has 26 heavy (non-hydrogen) atoms. The fourth-order valence-electron chi connectivity index (χ4n) is 3.62. The van der Waals surface area contributed by atoms with Crippen LogP contribution < -0.4 is 9.64 Å². The van der Waals surface area contributed by atoms with Gasteiger partial charge in [0.1, 0.15) is 11.6 Å². The second-order valence-electron chi connectivity index (χ2n) is 6.65. The summed E-state index contributed by atoms with van der Waals surface area (Å²) in [5, 5.41) is 0. The maximum atomic E-state index is 13.9. The molecule has 0 bridgehead atoms. The number of halogens is 1. The highest BCUT2D eigenvalue weighted by molar-refractivity contribution is 6.13. The van der Waals surface area contributed by atoms with E-state index < -0.39 is 0 Å². The summed E-state index contributed by atoms with van der Waals surface area (Å²) in [6.07, 6.45) is 2.31. The highest BCUT2D eigenvalue weighted by Crippen LogP contribution is 2.29. The van der Waals surface area contributed by atoms with Crippen molar-refractivity contribution in [3.8, 4) is 5.75 Å². The van der Waals surface area contributed by atoms with E-state index in [2.05, 4.69) is 21.9 Å². The Labute approximate surface area is 152 Å². The van der Waals surface area contributed by atoms with Crippen LogP contribution in [0.15, 0.2) is 54.2 Å². The number of nitrogens with zero attached hydrogens (tertiary/aromatic N) is 2. The van der Waals surface area contributed by atoms with E-state index in [1.807, 2.05) is 18.3 Å². The molecule has 0 N–H and O–H groups in total. The maximum absolute atomic E-state index is 13.9. The molecule has 4 rings (SSSR count). The molecule has 4 nitrogen and oxygen atoms in total. The highest BCUT2D eigenvalue weighted by Gasteiger charge is 2.28. The topological polar surface area (TPSA) is 32.8 Å². The molecule has 2 aliphatic rings. The molecule has 1 aliphatic carbocycles. The average molecular weight is 352 g/mol. The molecule has 0 aromatic heterocycles. The molecular weight excluding hydrogens is 331 g/mol. The third-order valence-corrected chi connectivity index (χ3v) is 5.11. The van der Waals surface area contributed by atoms with Crippen LogP contribution in [0.5, 0.6) is 5.75 Å². The van der Waals surface area contributed by atoms with Gasteiger partial charge in [0, 0.05) is 61.2 Å². The molecule has 134 valence electrons. The number of hydrogen-bond acceptors (Lipinski definition) is 4. The SMILES string of the molecule is COc1ccc(N2CCN(/C=C3/Cc4c(F)cccc4C3=O)CC2)cc1. The lowest BCUT2D eigenvalue weighted by Gasteiger charge is -2.35. The van der Waals surface area contributed by atoms with Crippen molar-refractivity contribution in [3.05, 3.63) is 71.2 Å². The first-order valence-corrected chi connectivity index (χ1v) is 8.81. The van der Waals surface area contributed by atoms with Crippen LogP contribution in [0.25, 0.3) is 0 Å². The molecule has 5 heteroatoms. The highest BCUT2D eigenvalue weighted by atomic mass is 19.1. The Balaban J connectivity index is 1.42. The fraction of sp³-hybridized carbons (Fsp3) is 0.286. The first-order chi connectivity index (χ1) is 12.7. The predicted molar refractivity (Wildman–Crippen MR) is 99.3 cm³/mol. The third kappa shape index (κ3) is 3.05. The first-order valence-electron chi connectivity index (χ1n) is 8.81. The number of benzene rings is 2. The van der Waals surface area contributed by atoms with Crippen LogP contribution >= 0.6 is 0 Å². The van der Waals surface area contributed by atoms with Gasteiger partial charge in [0.05, 0.1) is 7.11 Å². The lowest BCUT2D eigenvalue weighted by atomic mass is 10.1. The Morgan fingerprint density at radius 1 is 1.04 bits per heavy atom. The zero-order valence-electron chi connectivity index (χ0n) is 14.7. The van der Waals surface area contributed by atoms with Gasteiger partial charge < -0.3 is 14.5 Å². The van der Waals surface area contributed by atoms with Gasteiger partial charge in [-0.05, 0) is 30.3 Å². The van der Waals surface area contributed by atoms with Gasteiger partial charge in [-0.3, -0.25) is 4.79 Å². The summed E-state index contributed by atoms with van der Waals surface area (Å²) in [4.78, 5) is 17.0. The minimum atomic E-state index is -0.288. The number of carbonyl (C=O) groups excluding carboxylic acids is 1. The number of ketones is 1. The Morgan fingerprint density at radius 2 is 1.77 bits per heavy atom. The number of fused-ring (bicyclic) bond motifs is 1. The molecule has 0 spiro atoms. The van der Waals surface area contributed by atoms with Crippen LogP contribution in [-0.2, 0) is 6.42 Å². The van der Waals surface area contributed by atoms with E-state index >= 15 is 0 Å². The lowest BCUT2D eigenvalue weighted by Crippen LogP contribution is -2.44. The third-order valence-electron chi connectivity index (χ3n) is 5.11. The van der Waals surface area contributed by atoms with E-state index in [4.69, 9.17) is 4.74 Å². The van der Waals surface area contributed by atoms with Gasteiger partial charge in [-0.25, -0.2) is 4.39 Å². The maximum Gasteiger partial charge on any atom is 0.191 e. The van der Waals surface area contributed by atoms with Crippen LogP contribution in [0, 0.1) is 5.82 Å². The number of hydrogen-bond donors (Lipinski definition) is 0. The smallest absolute Gasteiger partial charge is 0.191 e. The number of Topliss-reactive ketones (excluding diaryl/α,β-unsaturated/α-hetero) is 1. The number of allylic oxidation sites excluding steroid dienone is 1. The van der Waals surface area contributed by atoms with Crippen molar-refractivity contribution in [3.63, 3.8) is 0 Å². The monoisotopic (exact) mass is 352 g/mol. The van der Waals surface area contributed by atoms with Crippen molar-refractivity contribution in [1.29, 1.82) is 0 Å². The number of anilines is 1. The zero-order chi connectivity index (χ0) is 18.1. The Morgan fingerprint density at radius 3 is 2.42 bits per heavy atom. The summed E-state index contributed by atoms with van der Waals surface area (Å²) in [5.41, 5.74) is 2.89. The van der Waals surface area contributed by atoms with E-state index in [1.54, 1.807) is 19.2 Å². The average Bonchev–Trinajstić information content (AvgIpc) is 3.00. The van der Waals surface area contributed by atoms with E-state index in [-0.39, 0.29) is 11.6 Å². The van der Waals surface area contributed by atoms with E-state index in [9.17, 15) is 9.18 Å². The van der Waals surface area contributed by atoms with E-state index in [1.165, 1.54) is 11.8 Å². The molecule has 2 aromatic carbocycles. The Bertz CT molecular complexity index is 853. The largest absolute Gasteiger partial charge is 0.497 e. The van der Waals surface area contributed by atoms with Crippen molar-refractivity contribution in [2.75, 3.05) is 38.2 Å². The van der Waals surface area contributed by atoms with Crippen LogP contribution in [-0.4, -0.2) is 44.0 Å². The zero-order valence-corrected chi connectivity index (χ0v) is 14.7. The van der Waals surface area contributed by atoms with Gasteiger partial charge in [-0.1, -0.05) is 12.1 Å². The summed E-state index contributed by atoms with van der Waals surface area (Å²) >= 11 is 0. The van der Waals surface area contributed by atoms with Crippen LogP contribution in [0.1, 0.15) is 15.9 Å². The number of rotatable bonds is 3. The molecule has 0 saturated carbocycles. The molecule has 1 heterocycles. The van der Waals surface area contributed by atoms with Crippen molar-refractivity contribution in [1.82, 2.24) is 4.90 Å². The minimum absolute atomic E-state index is 0.0444. The van der Waals surface area contributed by atoms with E-state index in [0.29, 0.717) is 23.1 Å². The normalized spacial score (nSPS) is 18.4. The second-order valence-corrected chi connectivity index (χ2v) is 6.65. The van der Waals surface area contributed by atoms with Crippen molar-refractivity contribution in [2.45, 2.75) is 6.42 Å². The molecule has 2 aromatic rings. The van der Waals surface area contributed by atoms with Crippen LogP contribution in [0.3, 0.4) is 0 Å². The van der Waals surface area contributed by atoms with Crippen molar-refractivity contribution in [2.24, 2.45) is 0 Å². The molecule has 0 radical (unpaired) electrons. The standard InChI is InChI=1S/C21H21FN2O2/c1-26-17-7-5-16(6-8-17)24-11-9-23(10-12-24)14-15-13-19-18(21(15)25)3-2-4-20(19)22/h2-8,14H,9-13H2,1H3/b15-14-. The lowest BCUT2D eigenvalue weighted by molar-refractivity contribution is 0.103. The van der Waals surface area contributed by atoms with Gasteiger partial charge in [0.15, 0.2) is 5.78 Å².